The lowest BCUT2D eigenvalue weighted by atomic mass is 10.2. The molecule has 0 bridgehead atoms. The van der Waals surface area contributed by atoms with Crippen molar-refractivity contribution in [3.8, 4) is 0 Å². The molecular weight excluding hydrogens is 307 g/mol. The molecule has 2 rings (SSSR count). The van der Waals surface area contributed by atoms with Gasteiger partial charge in [-0.1, -0.05) is 0 Å². The second-order valence-electron chi connectivity index (χ2n) is 4.76. The maximum atomic E-state index is 13.6. The molecule has 1 unspecified atom stereocenters. The molecule has 112 valence electrons. The highest BCUT2D eigenvalue weighted by Crippen LogP contribution is 2.20. The van der Waals surface area contributed by atoms with Gasteiger partial charge in [0.2, 0.25) is 10.0 Å². The fraction of sp³-hybridized carbons (Fsp3) is 0.455. The fourth-order valence-electron chi connectivity index (χ4n) is 2.12. The Morgan fingerprint density at radius 3 is 2.70 bits per heavy atom. The number of halogens is 1. The maximum absolute atomic E-state index is 13.6. The number of anilines is 1. The summed E-state index contributed by atoms with van der Waals surface area (Å²) < 4.78 is 62.9. The van der Waals surface area contributed by atoms with E-state index in [1.807, 2.05) is 0 Å². The van der Waals surface area contributed by atoms with Crippen LogP contribution in [0.4, 0.5) is 10.1 Å². The van der Waals surface area contributed by atoms with Crippen LogP contribution in [0.15, 0.2) is 23.1 Å². The zero-order chi connectivity index (χ0) is 15.0. The first-order chi connectivity index (χ1) is 9.20. The highest BCUT2D eigenvalue weighted by Gasteiger charge is 2.30. The monoisotopic (exact) mass is 322 g/mol. The van der Waals surface area contributed by atoms with Crippen LogP contribution in [0.25, 0.3) is 0 Å². The smallest absolute Gasteiger partial charge is 0.243 e. The lowest BCUT2D eigenvalue weighted by Gasteiger charge is -2.23. The van der Waals surface area contributed by atoms with Gasteiger partial charge in [0.1, 0.15) is 10.7 Å². The van der Waals surface area contributed by atoms with Crippen LogP contribution in [0, 0.1) is 5.82 Å². The number of sulfone groups is 1. The molecule has 1 heterocycles. The first-order valence-electron chi connectivity index (χ1n) is 5.97. The normalized spacial score (nSPS) is 22.6. The van der Waals surface area contributed by atoms with Gasteiger partial charge in [-0.3, -0.25) is 0 Å². The van der Waals surface area contributed by atoms with Crippen LogP contribution in [-0.2, 0) is 19.9 Å². The average molecular weight is 322 g/mol. The Morgan fingerprint density at radius 2 is 2.05 bits per heavy atom. The SMILES string of the molecule is Nc1ccc(F)c(S(=O)(=O)NC2CCCS(=O)(=O)C2)c1. The lowest BCUT2D eigenvalue weighted by Crippen LogP contribution is -2.43. The lowest BCUT2D eigenvalue weighted by molar-refractivity contribution is 0.512. The molecule has 0 amide bonds. The van der Waals surface area contributed by atoms with Gasteiger partial charge < -0.3 is 5.73 Å². The van der Waals surface area contributed by atoms with Gasteiger partial charge in [0.05, 0.1) is 11.5 Å². The van der Waals surface area contributed by atoms with E-state index in [1.165, 1.54) is 6.07 Å². The molecule has 0 saturated carbocycles. The predicted octanol–water partition coefficient (Wildman–Crippen LogP) is 0.263. The van der Waals surface area contributed by atoms with Crippen LogP contribution in [0.1, 0.15) is 12.8 Å². The van der Waals surface area contributed by atoms with E-state index in [1.54, 1.807) is 0 Å². The van der Waals surface area contributed by atoms with E-state index in [2.05, 4.69) is 4.72 Å². The highest BCUT2D eigenvalue weighted by atomic mass is 32.2. The molecule has 1 saturated heterocycles. The molecular formula is C11H15FN2O4S2. The van der Waals surface area contributed by atoms with E-state index in [4.69, 9.17) is 5.73 Å². The molecule has 0 radical (unpaired) electrons. The summed E-state index contributed by atoms with van der Waals surface area (Å²) in [5.41, 5.74) is 5.56. The molecule has 0 spiro atoms. The summed E-state index contributed by atoms with van der Waals surface area (Å²) in [7, 11) is -7.38. The van der Waals surface area contributed by atoms with E-state index in [9.17, 15) is 21.2 Å². The van der Waals surface area contributed by atoms with E-state index >= 15 is 0 Å². The van der Waals surface area contributed by atoms with Gasteiger partial charge >= 0.3 is 0 Å². The van der Waals surface area contributed by atoms with Crippen molar-refractivity contribution in [1.82, 2.24) is 4.72 Å². The fourth-order valence-corrected chi connectivity index (χ4v) is 5.25. The molecule has 1 aromatic carbocycles. The topological polar surface area (TPSA) is 106 Å². The summed E-state index contributed by atoms with van der Waals surface area (Å²) >= 11 is 0. The van der Waals surface area contributed by atoms with Crippen molar-refractivity contribution in [3.63, 3.8) is 0 Å². The Morgan fingerprint density at radius 1 is 1.35 bits per heavy atom. The Hall–Kier alpha value is -1.19. The number of benzene rings is 1. The summed E-state index contributed by atoms with van der Waals surface area (Å²) in [4.78, 5) is -0.569. The summed E-state index contributed by atoms with van der Waals surface area (Å²) in [5.74, 6) is -1.14. The van der Waals surface area contributed by atoms with E-state index in [-0.39, 0.29) is 17.2 Å². The molecule has 9 heteroatoms. The number of rotatable bonds is 3. The van der Waals surface area contributed by atoms with Crippen molar-refractivity contribution >= 4 is 25.5 Å². The van der Waals surface area contributed by atoms with Gasteiger partial charge in [0, 0.05) is 11.7 Å². The van der Waals surface area contributed by atoms with Crippen molar-refractivity contribution in [2.45, 2.75) is 23.8 Å². The predicted molar refractivity (Wildman–Crippen MR) is 72.8 cm³/mol. The summed E-state index contributed by atoms with van der Waals surface area (Å²) in [6.07, 6.45) is 0.789. The van der Waals surface area contributed by atoms with Crippen LogP contribution >= 0.6 is 0 Å². The molecule has 1 aliphatic heterocycles. The number of sulfonamides is 1. The van der Waals surface area contributed by atoms with Gasteiger partial charge in [-0.15, -0.1) is 0 Å². The maximum Gasteiger partial charge on any atom is 0.243 e. The molecule has 1 aromatic rings. The molecule has 0 aliphatic carbocycles. The van der Waals surface area contributed by atoms with Crippen LogP contribution in [0.3, 0.4) is 0 Å². The number of hydrogen-bond acceptors (Lipinski definition) is 5. The van der Waals surface area contributed by atoms with E-state index < -0.39 is 36.6 Å². The zero-order valence-electron chi connectivity index (χ0n) is 10.5. The van der Waals surface area contributed by atoms with E-state index in [0.29, 0.717) is 12.8 Å². The Bertz CT molecular complexity index is 716. The van der Waals surface area contributed by atoms with Gasteiger partial charge in [-0.05, 0) is 31.0 Å². The molecule has 1 aliphatic rings. The Labute approximate surface area is 117 Å². The van der Waals surface area contributed by atoms with Crippen molar-refractivity contribution in [2.24, 2.45) is 0 Å². The Balaban J connectivity index is 2.25. The van der Waals surface area contributed by atoms with Gasteiger partial charge in [0.15, 0.2) is 9.84 Å². The third-order valence-corrected chi connectivity index (χ3v) is 6.39. The van der Waals surface area contributed by atoms with Crippen molar-refractivity contribution in [1.29, 1.82) is 0 Å². The van der Waals surface area contributed by atoms with Gasteiger partial charge in [-0.25, -0.2) is 25.9 Å². The molecule has 3 N–H and O–H groups in total. The quantitative estimate of drug-likeness (QED) is 0.777. The first kappa shape index (κ1) is 15.2. The van der Waals surface area contributed by atoms with Gasteiger partial charge in [-0.2, -0.15) is 0 Å². The standard InChI is InChI=1S/C11H15FN2O4S2/c12-10-4-3-8(13)6-11(10)20(17,18)14-9-2-1-5-19(15,16)7-9/h3-4,6,9,14H,1-2,5,7,13H2. The summed E-state index contributed by atoms with van der Waals surface area (Å²) in [6, 6.07) is 2.48. The van der Waals surface area contributed by atoms with Crippen LogP contribution in [0.5, 0.6) is 0 Å². The first-order valence-corrected chi connectivity index (χ1v) is 9.28. The number of nitrogens with two attached hydrogens (primary N) is 1. The minimum atomic E-state index is -4.13. The largest absolute Gasteiger partial charge is 0.399 e. The third kappa shape index (κ3) is 3.47. The average Bonchev–Trinajstić information content (AvgIpc) is 2.30. The summed E-state index contributed by atoms with van der Waals surface area (Å²) in [6.45, 7) is 0. The van der Waals surface area contributed by atoms with Crippen molar-refractivity contribution < 1.29 is 21.2 Å². The second kappa shape index (κ2) is 5.30. The molecule has 6 nitrogen and oxygen atoms in total. The van der Waals surface area contributed by atoms with Crippen LogP contribution in [0.2, 0.25) is 0 Å². The zero-order valence-corrected chi connectivity index (χ0v) is 12.2. The second-order valence-corrected chi connectivity index (χ2v) is 8.68. The number of hydrogen-bond donors (Lipinski definition) is 2. The molecule has 20 heavy (non-hydrogen) atoms. The number of nitrogens with one attached hydrogen (secondary N) is 1. The van der Waals surface area contributed by atoms with Crippen LogP contribution in [-0.4, -0.2) is 34.4 Å². The van der Waals surface area contributed by atoms with Crippen molar-refractivity contribution in [2.75, 3.05) is 17.2 Å². The highest BCUT2D eigenvalue weighted by molar-refractivity contribution is 7.91. The minimum absolute atomic E-state index is 0.0534. The van der Waals surface area contributed by atoms with E-state index in [0.717, 1.165) is 12.1 Å². The van der Waals surface area contributed by atoms with Crippen molar-refractivity contribution in [3.05, 3.63) is 24.0 Å². The van der Waals surface area contributed by atoms with Gasteiger partial charge in [0.25, 0.3) is 0 Å². The molecule has 0 aromatic heterocycles. The number of nitrogen functional groups attached to an aromatic ring is 1. The summed E-state index contributed by atoms with van der Waals surface area (Å²) in [5, 5.41) is 0. The van der Waals surface area contributed by atoms with Crippen LogP contribution < -0.4 is 10.5 Å². The minimum Gasteiger partial charge on any atom is -0.399 e. The molecule has 1 fully saturated rings. The molecule has 1 atom stereocenters. The Kier molecular flexibility index (Phi) is 4.03. The third-order valence-electron chi connectivity index (χ3n) is 3.03.